The molecule has 1 rings (SSSR count). The normalized spacial score (nSPS) is 12.3. The fourth-order valence-electron chi connectivity index (χ4n) is 1.20. The number of nitrogens with one attached hydrogen (secondary N) is 2. The summed E-state index contributed by atoms with van der Waals surface area (Å²) in [6.45, 7) is 0.580. The molecule has 0 aromatic carbocycles. The van der Waals surface area contributed by atoms with Gasteiger partial charge in [0.2, 0.25) is 0 Å². The van der Waals surface area contributed by atoms with Crippen LogP contribution in [0.1, 0.15) is 19.3 Å². The minimum atomic E-state index is -0.893. The van der Waals surface area contributed by atoms with Gasteiger partial charge in [-0.25, -0.2) is 4.79 Å². The first-order valence-corrected chi connectivity index (χ1v) is 4.79. The fourth-order valence-corrected chi connectivity index (χ4v) is 1.20. The summed E-state index contributed by atoms with van der Waals surface area (Å²) < 4.78 is 0. The Balaban J connectivity index is 2.40. The summed E-state index contributed by atoms with van der Waals surface area (Å²) >= 11 is 0. The van der Waals surface area contributed by atoms with Gasteiger partial charge in [-0.15, -0.1) is 5.10 Å². The Hall–Kier alpha value is -1.63. The summed E-state index contributed by atoms with van der Waals surface area (Å²) in [5.41, 5.74) is 5.33. The summed E-state index contributed by atoms with van der Waals surface area (Å²) in [5, 5.41) is 21.4. The van der Waals surface area contributed by atoms with Gasteiger partial charge in [0, 0.05) is 0 Å². The number of hydrogen-bond donors (Lipinski definition) is 4. The molecule has 0 aliphatic carbocycles. The van der Waals surface area contributed by atoms with Crippen molar-refractivity contribution in [2.75, 3.05) is 11.9 Å². The first-order chi connectivity index (χ1) is 7.24. The van der Waals surface area contributed by atoms with Gasteiger partial charge in [0.1, 0.15) is 6.04 Å². The number of rotatable bonds is 7. The highest BCUT2D eigenvalue weighted by atomic mass is 16.4. The van der Waals surface area contributed by atoms with Crippen LogP contribution in [0.15, 0.2) is 6.20 Å². The topological polar surface area (TPSA) is 117 Å². The van der Waals surface area contributed by atoms with Crippen LogP contribution >= 0.6 is 0 Å². The predicted octanol–water partition coefficient (Wildman–Crippen LogP) is -0.201. The van der Waals surface area contributed by atoms with Crippen LogP contribution in [0.2, 0.25) is 0 Å². The Morgan fingerprint density at radius 1 is 1.67 bits per heavy atom. The van der Waals surface area contributed by atoms with Crippen molar-refractivity contribution in [3.05, 3.63) is 6.20 Å². The lowest BCUT2D eigenvalue weighted by Crippen LogP contribution is -2.29. The largest absolute Gasteiger partial charge is 0.480 e. The molecular formula is C8H15N5O2. The summed E-state index contributed by atoms with van der Waals surface area (Å²) in [4.78, 5) is 10.9. The van der Waals surface area contributed by atoms with E-state index in [2.05, 4.69) is 20.7 Å². The average Bonchev–Trinajstić information content (AvgIpc) is 2.69. The molecule has 7 nitrogen and oxygen atoms in total. The van der Waals surface area contributed by atoms with Gasteiger partial charge in [-0.2, -0.15) is 10.3 Å². The van der Waals surface area contributed by atoms with Crippen LogP contribution in [0.25, 0.3) is 0 Å². The Morgan fingerprint density at radius 2 is 2.47 bits per heavy atom. The van der Waals surface area contributed by atoms with Crippen LogP contribution in [0.3, 0.4) is 0 Å². The number of aromatic amines is 1. The van der Waals surface area contributed by atoms with E-state index >= 15 is 0 Å². The Bertz CT molecular complexity index is 287. The monoisotopic (exact) mass is 213 g/mol. The molecule has 0 aliphatic rings. The van der Waals surface area contributed by atoms with Gasteiger partial charge >= 0.3 is 5.97 Å². The number of carbonyl (C=O) groups is 1. The van der Waals surface area contributed by atoms with Crippen molar-refractivity contribution in [2.45, 2.75) is 25.3 Å². The third kappa shape index (κ3) is 3.94. The van der Waals surface area contributed by atoms with Crippen molar-refractivity contribution in [1.82, 2.24) is 15.4 Å². The van der Waals surface area contributed by atoms with Crippen molar-refractivity contribution in [2.24, 2.45) is 5.73 Å². The molecule has 0 unspecified atom stereocenters. The van der Waals surface area contributed by atoms with Crippen LogP contribution in [-0.4, -0.2) is 39.1 Å². The van der Waals surface area contributed by atoms with E-state index in [1.807, 2.05) is 0 Å². The highest BCUT2D eigenvalue weighted by Gasteiger charge is 2.17. The summed E-state index contributed by atoms with van der Waals surface area (Å²) in [6, 6.07) is -0.637. The SMILES string of the molecule is NCCCC[C@H](Nc1cn[nH]n1)C(=O)O. The lowest BCUT2D eigenvalue weighted by atomic mass is 10.1. The second-order valence-electron chi connectivity index (χ2n) is 3.17. The smallest absolute Gasteiger partial charge is 0.326 e. The highest BCUT2D eigenvalue weighted by Crippen LogP contribution is 2.07. The van der Waals surface area contributed by atoms with E-state index in [0.29, 0.717) is 18.8 Å². The summed E-state index contributed by atoms with van der Waals surface area (Å²) in [6.07, 6.45) is 3.57. The molecule has 1 aromatic rings. The molecule has 0 saturated heterocycles. The van der Waals surface area contributed by atoms with Gasteiger partial charge in [-0.05, 0) is 25.8 Å². The zero-order chi connectivity index (χ0) is 11.1. The van der Waals surface area contributed by atoms with Crippen LogP contribution in [-0.2, 0) is 4.79 Å². The minimum absolute atomic E-state index is 0.440. The first kappa shape index (κ1) is 11.4. The maximum Gasteiger partial charge on any atom is 0.326 e. The Kier molecular flexibility index (Phi) is 4.55. The number of carboxylic acid groups (broad SMARTS) is 1. The number of nitrogens with two attached hydrogens (primary N) is 1. The van der Waals surface area contributed by atoms with Crippen LogP contribution in [0, 0.1) is 0 Å². The van der Waals surface area contributed by atoms with E-state index in [-0.39, 0.29) is 0 Å². The zero-order valence-electron chi connectivity index (χ0n) is 8.31. The number of aliphatic carboxylic acids is 1. The molecule has 0 amide bonds. The predicted molar refractivity (Wildman–Crippen MR) is 54.3 cm³/mol. The van der Waals surface area contributed by atoms with Crippen molar-refractivity contribution < 1.29 is 9.90 Å². The molecule has 84 valence electrons. The number of anilines is 1. The third-order valence-electron chi connectivity index (χ3n) is 1.98. The molecule has 0 aliphatic heterocycles. The third-order valence-corrected chi connectivity index (χ3v) is 1.98. The summed E-state index contributed by atoms with van der Waals surface area (Å²) in [7, 11) is 0. The molecule has 1 aromatic heterocycles. The maximum absolute atomic E-state index is 10.9. The number of hydrogen-bond acceptors (Lipinski definition) is 5. The van der Waals surface area contributed by atoms with Gasteiger partial charge in [0.25, 0.3) is 0 Å². The fraction of sp³-hybridized carbons (Fsp3) is 0.625. The van der Waals surface area contributed by atoms with Crippen LogP contribution in [0.5, 0.6) is 0 Å². The number of H-pyrrole nitrogens is 1. The zero-order valence-corrected chi connectivity index (χ0v) is 8.31. The molecule has 7 heteroatoms. The molecule has 15 heavy (non-hydrogen) atoms. The van der Waals surface area contributed by atoms with Crippen molar-refractivity contribution in [1.29, 1.82) is 0 Å². The number of carboxylic acids is 1. The van der Waals surface area contributed by atoms with E-state index in [0.717, 1.165) is 12.8 Å². The second-order valence-corrected chi connectivity index (χ2v) is 3.17. The molecular weight excluding hydrogens is 198 g/mol. The van der Waals surface area contributed by atoms with Gasteiger partial charge < -0.3 is 16.2 Å². The molecule has 0 saturated carbocycles. The molecule has 0 fully saturated rings. The van der Waals surface area contributed by atoms with Crippen molar-refractivity contribution >= 4 is 11.8 Å². The van der Waals surface area contributed by atoms with Crippen LogP contribution < -0.4 is 11.1 Å². The lowest BCUT2D eigenvalue weighted by Gasteiger charge is -2.12. The Labute approximate surface area is 87.1 Å². The van der Waals surface area contributed by atoms with E-state index in [4.69, 9.17) is 10.8 Å². The number of unbranched alkanes of at least 4 members (excludes halogenated alkanes) is 1. The lowest BCUT2D eigenvalue weighted by molar-refractivity contribution is -0.138. The minimum Gasteiger partial charge on any atom is -0.480 e. The standard InChI is InChI=1S/C8H15N5O2/c9-4-2-1-3-6(8(14)15)11-7-5-10-13-12-7/h5-6H,1-4,9H2,(H,14,15)(H2,10,11,12,13)/t6-/m0/s1. The first-order valence-electron chi connectivity index (χ1n) is 4.79. The molecule has 1 heterocycles. The van der Waals surface area contributed by atoms with Crippen LogP contribution in [0.4, 0.5) is 5.82 Å². The number of aromatic nitrogens is 3. The van der Waals surface area contributed by atoms with E-state index in [9.17, 15) is 4.79 Å². The van der Waals surface area contributed by atoms with E-state index in [1.54, 1.807) is 0 Å². The van der Waals surface area contributed by atoms with Gasteiger partial charge in [0.15, 0.2) is 5.82 Å². The molecule has 0 bridgehead atoms. The summed E-state index contributed by atoms with van der Waals surface area (Å²) in [5.74, 6) is -0.454. The molecule has 0 spiro atoms. The Morgan fingerprint density at radius 3 is 3.00 bits per heavy atom. The van der Waals surface area contributed by atoms with Crippen molar-refractivity contribution in [3.63, 3.8) is 0 Å². The van der Waals surface area contributed by atoms with E-state index in [1.165, 1.54) is 6.20 Å². The number of nitrogens with zero attached hydrogens (tertiary/aromatic N) is 2. The molecule has 0 radical (unpaired) electrons. The molecule has 5 N–H and O–H groups in total. The van der Waals surface area contributed by atoms with Gasteiger partial charge in [0.05, 0.1) is 6.20 Å². The second kappa shape index (κ2) is 5.97. The maximum atomic E-state index is 10.9. The molecule has 1 atom stereocenters. The van der Waals surface area contributed by atoms with Gasteiger partial charge in [-0.1, -0.05) is 0 Å². The average molecular weight is 213 g/mol. The highest BCUT2D eigenvalue weighted by molar-refractivity contribution is 5.76. The van der Waals surface area contributed by atoms with E-state index < -0.39 is 12.0 Å². The van der Waals surface area contributed by atoms with Crippen molar-refractivity contribution in [3.8, 4) is 0 Å². The van der Waals surface area contributed by atoms with Gasteiger partial charge in [-0.3, -0.25) is 0 Å². The quantitative estimate of drug-likeness (QED) is 0.466.